The molecule has 4 heteroatoms. The molecule has 0 saturated carbocycles. The van der Waals surface area contributed by atoms with Gasteiger partial charge in [-0.2, -0.15) is 0 Å². The Morgan fingerprint density at radius 1 is 1.00 bits per heavy atom. The van der Waals surface area contributed by atoms with Crippen molar-refractivity contribution in [2.75, 3.05) is 20.8 Å². The van der Waals surface area contributed by atoms with Gasteiger partial charge >= 0.3 is 0 Å². The largest absolute Gasteiger partial charge is 0.493 e. The van der Waals surface area contributed by atoms with Crippen LogP contribution in [0.5, 0.6) is 11.5 Å². The molecule has 0 aromatic heterocycles. The van der Waals surface area contributed by atoms with Crippen molar-refractivity contribution in [1.29, 1.82) is 0 Å². The second kappa shape index (κ2) is 8.66. The molecule has 1 unspecified atom stereocenters. The van der Waals surface area contributed by atoms with Crippen LogP contribution in [0.15, 0.2) is 60.7 Å². The highest BCUT2D eigenvalue weighted by molar-refractivity contribution is 5.80. The van der Waals surface area contributed by atoms with Crippen molar-refractivity contribution in [3.8, 4) is 22.6 Å². The van der Waals surface area contributed by atoms with E-state index in [2.05, 4.69) is 35.6 Å². The third-order valence-corrected chi connectivity index (χ3v) is 5.64. The number of methoxy groups -OCH3 is 2. The molecule has 0 radical (unpaired) electrons. The molecular weight excluding hydrogens is 365 g/mol. The molecule has 3 aromatic rings. The average Bonchev–Trinajstić information content (AvgIpc) is 2.77. The zero-order valence-corrected chi connectivity index (χ0v) is 16.9. The summed E-state index contributed by atoms with van der Waals surface area (Å²) in [6.45, 7) is 0.888. The van der Waals surface area contributed by atoms with Gasteiger partial charge in [0.25, 0.3) is 0 Å². The molecule has 0 saturated heterocycles. The van der Waals surface area contributed by atoms with Crippen molar-refractivity contribution in [3.05, 3.63) is 83.2 Å². The number of rotatable bonds is 6. The van der Waals surface area contributed by atoms with Gasteiger partial charge in [0, 0.05) is 17.2 Å². The molecule has 3 nitrogen and oxygen atoms in total. The highest BCUT2D eigenvalue weighted by Crippen LogP contribution is 2.47. The second-order valence-corrected chi connectivity index (χ2v) is 7.32. The first-order valence-corrected chi connectivity index (χ1v) is 10.0. The Kier molecular flexibility index (Phi) is 5.81. The number of aryl methyl sites for hydroxylation is 1. The highest BCUT2D eigenvalue weighted by atomic mass is 19.1. The van der Waals surface area contributed by atoms with Gasteiger partial charge in [0.2, 0.25) is 0 Å². The van der Waals surface area contributed by atoms with Crippen LogP contribution < -0.4 is 14.8 Å². The molecule has 1 aliphatic rings. The average molecular weight is 391 g/mol. The van der Waals surface area contributed by atoms with Gasteiger partial charge in [-0.05, 0) is 54.6 Å². The molecule has 4 rings (SSSR count). The topological polar surface area (TPSA) is 30.5 Å². The van der Waals surface area contributed by atoms with E-state index >= 15 is 0 Å². The Hall–Kier alpha value is -2.85. The van der Waals surface area contributed by atoms with Crippen LogP contribution in [-0.4, -0.2) is 20.8 Å². The molecule has 1 N–H and O–H groups in total. The summed E-state index contributed by atoms with van der Waals surface area (Å²) in [5.41, 5.74) is 4.96. The molecule has 0 bridgehead atoms. The van der Waals surface area contributed by atoms with E-state index in [9.17, 15) is 4.39 Å². The zero-order chi connectivity index (χ0) is 20.2. The van der Waals surface area contributed by atoms with E-state index in [1.165, 1.54) is 17.2 Å². The SMILES string of the molecule is COc1cc2c(c(-c3ccccc3F)c1OC)C(CCc1ccccc1)NCC2. The van der Waals surface area contributed by atoms with Gasteiger partial charge < -0.3 is 14.8 Å². The van der Waals surface area contributed by atoms with Crippen LogP contribution in [-0.2, 0) is 12.8 Å². The normalized spacial score (nSPS) is 15.6. The van der Waals surface area contributed by atoms with E-state index in [1.807, 2.05) is 18.2 Å². The third-order valence-electron chi connectivity index (χ3n) is 5.64. The van der Waals surface area contributed by atoms with Gasteiger partial charge in [0.1, 0.15) is 5.82 Å². The maximum atomic E-state index is 14.9. The predicted octanol–water partition coefficient (Wildman–Crippen LogP) is 5.33. The fourth-order valence-electron chi connectivity index (χ4n) is 4.28. The molecule has 0 spiro atoms. The molecule has 29 heavy (non-hydrogen) atoms. The van der Waals surface area contributed by atoms with Crippen LogP contribution in [0.2, 0.25) is 0 Å². The highest BCUT2D eigenvalue weighted by Gasteiger charge is 2.29. The van der Waals surface area contributed by atoms with Gasteiger partial charge in [0.05, 0.1) is 14.2 Å². The fraction of sp³-hybridized carbons (Fsp3) is 0.280. The minimum absolute atomic E-state index is 0.119. The zero-order valence-electron chi connectivity index (χ0n) is 16.9. The Morgan fingerprint density at radius 3 is 2.48 bits per heavy atom. The fourth-order valence-corrected chi connectivity index (χ4v) is 4.28. The minimum Gasteiger partial charge on any atom is -0.493 e. The summed E-state index contributed by atoms with van der Waals surface area (Å²) in [4.78, 5) is 0. The summed E-state index contributed by atoms with van der Waals surface area (Å²) in [6.07, 6.45) is 2.75. The molecule has 0 aliphatic carbocycles. The third kappa shape index (κ3) is 3.85. The molecule has 3 aromatic carbocycles. The maximum absolute atomic E-state index is 14.9. The van der Waals surface area contributed by atoms with E-state index in [0.717, 1.165) is 36.9 Å². The Bertz CT molecular complexity index is 988. The van der Waals surface area contributed by atoms with Crippen LogP contribution in [0.25, 0.3) is 11.1 Å². The van der Waals surface area contributed by atoms with E-state index < -0.39 is 0 Å². The Labute approximate surface area is 171 Å². The van der Waals surface area contributed by atoms with E-state index in [-0.39, 0.29) is 11.9 Å². The summed E-state index contributed by atoms with van der Waals surface area (Å²) in [6, 6.07) is 19.5. The summed E-state index contributed by atoms with van der Waals surface area (Å²) >= 11 is 0. The van der Waals surface area contributed by atoms with Crippen molar-refractivity contribution in [1.82, 2.24) is 5.32 Å². The van der Waals surface area contributed by atoms with Gasteiger partial charge in [-0.1, -0.05) is 48.5 Å². The number of nitrogens with one attached hydrogen (secondary N) is 1. The van der Waals surface area contributed by atoms with Crippen LogP contribution in [0.3, 0.4) is 0 Å². The number of ether oxygens (including phenoxy) is 2. The standard InChI is InChI=1S/C25H26FNO2/c1-28-22-16-18-14-15-27-21(13-12-17-8-4-3-5-9-17)23(18)24(25(22)29-2)19-10-6-7-11-20(19)26/h3-11,16,21,27H,12-15H2,1-2H3. The first kappa shape index (κ1) is 19.5. The lowest BCUT2D eigenvalue weighted by molar-refractivity contribution is 0.353. The molecule has 1 heterocycles. The van der Waals surface area contributed by atoms with Crippen molar-refractivity contribution in [2.45, 2.75) is 25.3 Å². The first-order valence-electron chi connectivity index (χ1n) is 10.0. The van der Waals surface area contributed by atoms with Crippen molar-refractivity contribution in [3.63, 3.8) is 0 Å². The summed E-state index contributed by atoms with van der Waals surface area (Å²) < 4.78 is 26.2. The lowest BCUT2D eigenvalue weighted by Gasteiger charge is -2.31. The lowest BCUT2D eigenvalue weighted by Crippen LogP contribution is -2.31. The number of hydrogen-bond donors (Lipinski definition) is 1. The molecule has 1 aliphatic heterocycles. The summed E-state index contributed by atoms with van der Waals surface area (Å²) in [5.74, 6) is 0.978. The van der Waals surface area contributed by atoms with Gasteiger partial charge in [-0.3, -0.25) is 0 Å². The predicted molar refractivity (Wildman–Crippen MR) is 114 cm³/mol. The molecule has 0 amide bonds. The van der Waals surface area contributed by atoms with E-state index in [0.29, 0.717) is 17.1 Å². The van der Waals surface area contributed by atoms with Gasteiger partial charge in [-0.25, -0.2) is 4.39 Å². The maximum Gasteiger partial charge on any atom is 0.168 e. The number of fused-ring (bicyclic) bond motifs is 1. The van der Waals surface area contributed by atoms with Gasteiger partial charge in [0.15, 0.2) is 11.5 Å². The van der Waals surface area contributed by atoms with Crippen LogP contribution in [0, 0.1) is 5.82 Å². The number of halogens is 1. The molecule has 1 atom stereocenters. The van der Waals surface area contributed by atoms with Crippen molar-refractivity contribution >= 4 is 0 Å². The van der Waals surface area contributed by atoms with Crippen LogP contribution >= 0.6 is 0 Å². The molecule has 150 valence electrons. The van der Waals surface area contributed by atoms with E-state index in [1.54, 1.807) is 20.3 Å². The van der Waals surface area contributed by atoms with Crippen molar-refractivity contribution in [2.24, 2.45) is 0 Å². The molecular formula is C25H26FNO2. The van der Waals surface area contributed by atoms with Crippen molar-refractivity contribution < 1.29 is 13.9 Å². The van der Waals surface area contributed by atoms with Gasteiger partial charge in [-0.15, -0.1) is 0 Å². The van der Waals surface area contributed by atoms with Crippen LogP contribution in [0.1, 0.15) is 29.2 Å². The Morgan fingerprint density at radius 2 is 1.76 bits per heavy atom. The summed E-state index contributed by atoms with van der Waals surface area (Å²) in [5, 5.41) is 3.65. The minimum atomic E-state index is -0.256. The lowest BCUT2D eigenvalue weighted by atomic mass is 9.83. The number of hydrogen-bond acceptors (Lipinski definition) is 3. The van der Waals surface area contributed by atoms with E-state index in [4.69, 9.17) is 9.47 Å². The monoisotopic (exact) mass is 391 g/mol. The number of benzene rings is 3. The second-order valence-electron chi connectivity index (χ2n) is 7.32. The smallest absolute Gasteiger partial charge is 0.168 e. The quantitative estimate of drug-likeness (QED) is 0.616. The summed E-state index contributed by atoms with van der Waals surface area (Å²) in [7, 11) is 3.24. The molecule has 0 fully saturated rings. The Balaban J connectivity index is 1.84. The first-order chi connectivity index (χ1) is 14.2. The van der Waals surface area contributed by atoms with Crippen LogP contribution in [0.4, 0.5) is 4.39 Å².